The average Bonchev–Trinajstić information content (AvgIpc) is 3.41. The number of aromatic nitrogens is 2. The van der Waals surface area contributed by atoms with E-state index >= 15 is 0 Å². The highest BCUT2D eigenvalue weighted by atomic mass is 32.1. The van der Waals surface area contributed by atoms with Crippen molar-refractivity contribution in [3.8, 4) is 27.9 Å². The Morgan fingerprint density at radius 1 is 1.12 bits per heavy atom. The zero-order chi connectivity index (χ0) is 15.9. The van der Waals surface area contributed by atoms with Crippen molar-refractivity contribution in [3.63, 3.8) is 0 Å². The summed E-state index contributed by atoms with van der Waals surface area (Å²) in [6.45, 7) is 1.15. The second-order valence-electron chi connectivity index (χ2n) is 5.86. The molecule has 1 aromatic carbocycles. The molecular formula is C18H16N2O3S. The molecule has 2 aromatic heterocycles. The Labute approximate surface area is 143 Å². The average molecular weight is 340 g/mol. The molecule has 0 unspecified atom stereocenters. The Morgan fingerprint density at radius 2 is 2.08 bits per heavy atom. The molecule has 0 aliphatic carbocycles. The van der Waals surface area contributed by atoms with E-state index in [1.165, 1.54) is 4.88 Å². The van der Waals surface area contributed by atoms with Crippen LogP contribution < -0.4 is 9.47 Å². The van der Waals surface area contributed by atoms with Gasteiger partial charge in [0.2, 0.25) is 6.79 Å². The van der Waals surface area contributed by atoms with Gasteiger partial charge in [-0.05, 0) is 37.1 Å². The minimum Gasteiger partial charge on any atom is -0.454 e. The van der Waals surface area contributed by atoms with Gasteiger partial charge in [-0.15, -0.1) is 11.3 Å². The summed E-state index contributed by atoms with van der Waals surface area (Å²) in [4.78, 5) is 6.98. The third-order valence-electron chi connectivity index (χ3n) is 4.37. The predicted molar refractivity (Wildman–Crippen MR) is 90.9 cm³/mol. The summed E-state index contributed by atoms with van der Waals surface area (Å²) in [5.74, 6) is 2.50. The summed E-state index contributed by atoms with van der Waals surface area (Å²) in [7, 11) is 0. The van der Waals surface area contributed by atoms with Crippen molar-refractivity contribution >= 4 is 11.3 Å². The van der Waals surface area contributed by atoms with E-state index in [-0.39, 0.29) is 12.9 Å². The lowest BCUT2D eigenvalue weighted by atomic mass is 10.2. The van der Waals surface area contributed by atoms with Crippen LogP contribution in [0.25, 0.3) is 16.4 Å². The number of benzene rings is 1. The minimum absolute atomic E-state index is 0.248. The van der Waals surface area contributed by atoms with Crippen LogP contribution in [0.2, 0.25) is 0 Å². The summed E-state index contributed by atoms with van der Waals surface area (Å²) in [5, 5.41) is 0. The van der Waals surface area contributed by atoms with Gasteiger partial charge in [0.05, 0.1) is 16.7 Å². The van der Waals surface area contributed by atoms with Crippen LogP contribution in [0.5, 0.6) is 11.5 Å². The van der Waals surface area contributed by atoms with E-state index in [2.05, 4.69) is 21.7 Å². The van der Waals surface area contributed by atoms with Crippen LogP contribution >= 0.6 is 11.3 Å². The van der Waals surface area contributed by atoms with E-state index in [9.17, 15) is 0 Å². The van der Waals surface area contributed by atoms with Gasteiger partial charge in [0.25, 0.3) is 0 Å². The molecule has 0 spiro atoms. The number of imidazole rings is 1. The topological polar surface area (TPSA) is 45.5 Å². The monoisotopic (exact) mass is 340 g/mol. The molecule has 3 aromatic rings. The first-order valence-electron chi connectivity index (χ1n) is 8.03. The van der Waals surface area contributed by atoms with Gasteiger partial charge in [-0.3, -0.25) is 4.57 Å². The molecule has 1 atom stereocenters. The number of hydrogen-bond donors (Lipinski definition) is 0. The van der Waals surface area contributed by atoms with Crippen molar-refractivity contribution in [1.29, 1.82) is 0 Å². The molecule has 122 valence electrons. The number of hydrogen-bond acceptors (Lipinski definition) is 5. The molecule has 5 nitrogen and oxygen atoms in total. The Kier molecular flexibility index (Phi) is 3.31. The Morgan fingerprint density at radius 3 is 3.00 bits per heavy atom. The van der Waals surface area contributed by atoms with Crippen LogP contribution in [-0.2, 0) is 4.74 Å². The number of nitrogens with zero attached hydrogens (tertiary/aromatic N) is 2. The van der Waals surface area contributed by atoms with Gasteiger partial charge < -0.3 is 14.2 Å². The van der Waals surface area contributed by atoms with Gasteiger partial charge >= 0.3 is 0 Å². The molecule has 1 fully saturated rings. The second-order valence-corrected chi connectivity index (χ2v) is 6.98. The first-order valence-corrected chi connectivity index (χ1v) is 8.85. The standard InChI is InChI=1S/C18H16N2O3S/c1-2-14(21-9-1)16-5-6-17(24-16)18-19-7-8-20(18)12-3-4-13-15(10-12)23-11-22-13/h3-8,10,14H,1-2,9,11H2/t14-/m1/s1. The molecule has 2 aliphatic heterocycles. The zero-order valence-electron chi connectivity index (χ0n) is 13.0. The summed E-state index contributed by atoms with van der Waals surface area (Å²) in [5.41, 5.74) is 1.01. The molecule has 1 saturated heterocycles. The number of ether oxygens (including phenoxy) is 3. The minimum atomic E-state index is 0.248. The van der Waals surface area contributed by atoms with Crippen LogP contribution in [0.4, 0.5) is 0 Å². The van der Waals surface area contributed by atoms with Crippen molar-refractivity contribution in [1.82, 2.24) is 9.55 Å². The quantitative estimate of drug-likeness (QED) is 0.717. The maximum atomic E-state index is 5.79. The molecule has 2 aliphatic rings. The van der Waals surface area contributed by atoms with Gasteiger partial charge in [-0.1, -0.05) is 0 Å². The van der Waals surface area contributed by atoms with E-state index in [1.807, 2.05) is 30.6 Å². The van der Waals surface area contributed by atoms with Crippen molar-refractivity contribution in [3.05, 3.63) is 47.6 Å². The van der Waals surface area contributed by atoms with Crippen molar-refractivity contribution in [2.45, 2.75) is 18.9 Å². The molecular weight excluding hydrogens is 324 g/mol. The van der Waals surface area contributed by atoms with E-state index in [0.29, 0.717) is 0 Å². The largest absolute Gasteiger partial charge is 0.454 e. The SMILES string of the molecule is c1cn(-c2ccc3c(c2)OCO3)c(-c2ccc([C@H]3CCCO3)s2)n1. The molecule has 24 heavy (non-hydrogen) atoms. The maximum absolute atomic E-state index is 5.79. The molecule has 0 amide bonds. The van der Waals surface area contributed by atoms with Crippen molar-refractivity contribution in [2.24, 2.45) is 0 Å². The van der Waals surface area contributed by atoms with E-state index in [0.717, 1.165) is 47.3 Å². The van der Waals surface area contributed by atoms with Gasteiger partial charge in [0.1, 0.15) is 0 Å². The van der Waals surface area contributed by atoms with E-state index in [4.69, 9.17) is 14.2 Å². The predicted octanol–water partition coefficient (Wildman–Crippen LogP) is 4.18. The summed E-state index contributed by atoms with van der Waals surface area (Å²) < 4.78 is 18.7. The van der Waals surface area contributed by atoms with Crippen molar-refractivity contribution < 1.29 is 14.2 Å². The van der Waals surface area contributed by atoms with Gasteiger partial charge in [-0.2, -0.15) is 0 Å². The fourth-order valence-corrected chi connectivity index (χ4v) is 4.26. The highest BCUT2D eigenvalue weighted by Gasteiger charge is 2.21. The number of thiophene rings is 1. The lowest BCUT2D eigenvalue weighted by Gasteiger charge is -2.08. The van der Waals surface area contributed by atoms with Crippen LogP contribution in [0.3, 0.4) is 0 Å². The van der Waals surface area contributed by atoms with Crippen LogP contribution in [0, 0.1) is 0 Å². The Hall–Kier alpha value is -2.31. The number of rotatable bonds is 3. The summed E-state index contributed by atoms with van der Waals surface area (Å²) >= 11 is 1.76. The molecule has 0 N–H and O–H groups in total. The lowest BCUT2D eigenvalue weighted by molar-refractivity contribution is 0.114. The summed E-state index contributed by atoms with van der Waals surface area (Å²) in [6, 6.07) is 10.2. The zero-order valence-corrected chi connectivity index (χ0v) is 13.8. The van der Waals surface area contributed by atoms with Crippen molar-refractivity contribution in [2.75, 3.05) is 13.4 Å². The van der Waals surface area contributed by atoms with Gasteiger partial charge in [-0.25, -0.2) is 4.98 Å². The van der Waals surface area contributed by atoms with Crippen LogP contribution in [0.15, 0.2) is 42.7 Å². The second kappa shape index (κ2) is 5.65. The first kappa shape index (κ1) is 14.1. The Balaban J connectivity index is 1.51. The molecule has 5 rings (SSSR count). The fourth-order valence-electron chi connectivity index (χ4n) is 3.18. The van der Waals surface area contributed by atoms with E-state index < -0.39 is 0 Å². The first-order chi connectivity index (χ1) is 11.9. The van der Waals surface area contributed by atoms with E-state index in [1.54, 1.807) is 11.3 Å². The normalized spacial score (nSPS) is 19.1. The molecule has 0 bridgehead atoms. The third kappa shape index (κ3) is 2.30. The van der Waals surface area contributed by atoms with Crippen LogP contribution in [-0.4, -0.2) is 23.0 Å². The highest BCUT2D eigenvalue weighted by Crippen LogP contribution is 2.38. The van der Waals surface area contributed by atoms with Crippen LogP contribution in [0.1, 0.15) is 23.8 Å². The molecule has 6 heteroatoms. The lowest BCUT2D eigenvalue weighted by Crippen LogP contribution is -1.95. The molecule has 0 saturated carbocycles. The highest BCUT2D eigenvalue weighted by molar-refractivity contribution is 7.15. The third-order valence-corrected chi connectivity index (χ3v) is 5.54. The van der Waals surface area contributed by atoms with Gasteiger partial charge in [0, 0.05) is 29.9 Å². The Bertz CT molecular complexity index is 880. The maximum Gasteiger partial charge on any atom is 0.231 e. The smallest absolute Gasteiger partial charge is 0.231 e. The fraction of sp³-hybridized carbons (Fsp3) is 0.278. The molecule has 4 heterocycles. The molecule has 0 radical (unpaired) electrons. The summed E-state index contributed by atoms with van der Waals surface area (Å²) in [6.07, 6.45) is 6.29. The van der Waals surface area contributed by atoms with Gasteiger partial charge in [0.15, 0.2) is 17.3 Å². The number of fused-ring (bicyclic) bond motifs is 1.